The molecule has 2 fully saturated rings. The first-order valence-electron chi connectivity index (χ1n) is 7.54. The van der Waals surface area contributed by atoms with Gasteiger partial charge in [-0.05, 0) is 43.4 Å². The van der Waals surface area contributed by atoms with Gasteiger partial charge in [0.2, 0.25) is 0 Å². The summed E-state index contributed by atoms with van der Waals surface area (Å²) < 4.78 is 40.8. The van der Waals surface area contributed by atoms with E-state index in [-0.39, 0.29) is 5.75 Å². The molecule has 2 heterocycles. The lowest BCUT2D eigenvalue weighted by Gasteiger charge is -2.44. The zero-order valence-electron chi connectivity index (χ0n) is 12.1. The quantitative estimate of drug-likeness (QED) is 0.894. The van der Waals surface area contributed by atoms with E-state index in [9.17, 15) is 18.3 Å². The van der Waals surface area contributed by atoms with Crippen molar-refractivity contribution in [2.45, 2.75) is 61.0 Å². The Labute approximate surface area is 132 Å². The molecule has 2 nitrogen and oxygen atoms in total. The molecule has 2 atom stereocenters. The van der Waals surface area contributed by atoms with E-state index < -0.39 is 12.0 Å². The Morgan fingerprint density at radius 2 is 1.91 bits per heavy atom. The van der Waals surface area contributed by atoms with Crippen molar-refractivity contribution >= 4 is 11.8 Å². The molecule has 2 unspecified atom stereocenters. The highest BCUT2D eigenvalue weighted by molar-refractivity contribution is 8.00. The summed E-state index contributed by atoms with van der Waals surface area (Å²) in [5.41, 5.74) is -0.119. The Morgan fingerprint density at radius 1 is 1.23 bits per heavy atom. The van der Waals surface area contributed by atoms with Crippen molar-refractivity contribution in [2.24, 2.45) is 0 Å². The number of aliphatic hydroxyl groups is 1. The van der Waals surface area contributed by atoms with Crippen molar-refractivity contribution in [1.29, 1.82) is 0 Å². The molecule has 3 rings (SSSR count). The van der Waals surface area contributed by atoms with Crippen LogP contribution >= 0.6 is 11.8 Å². The van der Waals surface area contributed by atoms with Crippen LogP contribution in [-0.4, -0.2) is 27.6 Å². The molecule has 0 radical (unpaired) electrons. The van der Waals surface area contributed by atoms with Crippen LogP contribution in [0.25, 0.3) is 0 Å². The SMILES string of the molecule is OC1(Cc2cccc(OC(F)(F)F)c2)CC2CCCC(C1)S2. The van der Waals surface area contributed by atoms with E-state index in [4.69, 9.17) is 0 Å². The predicted octanol–water partition coefficient (Wildman–Crippen LogP) is 4.31. The molecule has 0 spiro atoms. The fourth-order valence-corrected chi connectivity index (χ4v) is 5.55. The molecule has 0 aromatic heterocycles. The van der Waals surface area contributed by atoms with Crippen LogP contribution in [0.4, 0.5) is 13.2 Å². The van der Waals surface area contributed by atoms with Gasteiger partial charge in [-0.25, -0.2) is 0 Å². The predicted molar refractivity (Wildman–Crippen MR) is 80.0 cm³/mol. The van der Waals surface area contributed by atoms with E-state index in [2.05, 4.69) is 4.74 Å². The second-order valence-corrected chi connectivity index (χ2v) is 7.92. The van der Waals surface area contributed by atoms with Gasteiger partial charge in [-0.15, -0.1) is 13.2 Å². The lowest BCUT2D eigenvalue weighted by molar-refractivity contribution is -0.274. The molecule has 2 aliphatic rings. The summed E-state index contributed by atoms with van der Waals surface area (Å²) in [7, 11) is 0. The zero-order chi connectivity index (χ0) is 15.8. The summed E-state index contributed by atoms with van der Waals surface area (Å²) in [5, 5.41) is 11.8. The van der Waals surface area contributed by atoms with Crippen LogP contribution in [0.15, 0.2) is 24.3 Å². The Balaban J connectivity index is 1.71. The third-order valence-electron chi connectivity index (χ3n) is 4.32. The van der Waals surface area contributed by atoms with Gasteiger partial charge in [-0.3, -0.25) is 0 Å². The molecule has 1 aromatic carbocycles. The normalized spacial score (nSPS) is 31.8. The fourth-order valence-electron chi connectivity index (χ4n) is 3.59. The van der Waals surface area contributed by atoms with Crippen LogP contribution in [-0.2, 0) is 6.42 Å². The molecule has 1 aromatic rings. The van der Waals surface area contributed by atoms with Crippen molar-refractivity contribution in [3.8, 4) is 5.75 Å². The van der Waals surface area contributed by atoms with Crippen LogP contribution in [0.5, 0.6) is 5.75 Å². The van der Waals surface area contributed by atoms with Crippen molar-refractivity contribution < 1.29 is 23.0 Å². The maximum absolute atomic E-state index is 12.3. The van der Waals surface area contributed by atoms with Crippen molar-refractivity contribution in [3.05, 3.63) is 29.8 Å². The highest BCUT2D eigenvalue weighted by Gasteiger charge is 2.41. The number of hydrogen-bond acceptors (Lipinski definition) is 3. The monoisotopic (exact) mass is 332 g/mol. The highest BCUT2D eigenvalue weighted by Crippen LogP contribution is 2.46. The summed E-state index contributed by atoms with van der Waals surface area (Å²) in [5.74, 6) is -0.223. The third kappa shape index (κ3) is 4.10. The largest absolute Gasteiger partial charge is 0.573 e. The van der Waals surface area contributed by atoms with E-state index >= 15 is 0 Å². The summed E-state index contributed by atoms with van der Waals surface area (Å²) >= 11 is 1.96. The van der Waals surface area contributed by atoms with Gasteiger partial charge in [0.25, 0.3) is 0 Å². The average molecular weight is 332 g/mol. The van der Waals surface area contributed by atoms with E-state index in [1.54, 1.807) is 6.07 Å². The van der Waals surface area contributed by atoms with Gasteiger partial charge < -0.3 is 9.84 Å². The minimum absolute atomic E-state index is 0.223. The number of benzene rings is 1. The molecule has 2 aliphatic heterocycles. The fraction of sp³-hybridized carbons (Fsp3) is 0.625. The molecule has 0 saturated carbocycles. The summed E-state index contributed by atoms with van der Waals surface area (Å²) in [4.78, 5) is 0. The summed E-state index contributed by atoms with van der Waals surface area (Å²) in [6, 6.07) is 5.95. The Morgan fingerprint density at radius 3 is 2.55 bits per heavy atom. The minimum Gasteiger partial charge on any atom is -0.406 e. The first-order chi connectivity index (χ1) is 10.3. The molecule has 1 N–H and O–H groups in total. The third-order valence-corrected chi connectivity index (χ3v) is 5.89. The van der Waals surface area contributed by atoms with Crippen LogP contribution < -0.4 is 4.74 Å². The molecule has 2 saturated heterocycles. The van der Waals surface area contributed by atoms with E-state index in [0.717, 1.165) is 25.7 Å². The molecule has 122 valence electrons. The van der Waals surface area contributed by atoms with Gasteiger partial charge in [0.15, 0.2) is 0 Å². The molecule has 6 heteroatoms. The number of rotatable bonds is 3. The van der Waals surface area contributed by atoms with E-state index in [0.29, 0.717) is 22.5 Å². The maximum atomic E-state index is 12.3. The van der Waals surface area contributed by atoms with Crippen LogP contribution in [0.2, 0.25) is 0 Å². The standard InChI is InChI=1S/C16H19F3O2S/c17-16(18,19)21-12-4-1-3-11(7-12)8-15(20)9-13-5-2-6-14(10-15)22-13/h1,3-4,7,13-14,20H,2,5-6,8-10H2. The van der Waals surface area contributed by atoms with Crippen molar-refractivity contribution in [3.63, 3.8) is 0 Å². The number of halogens is 3. The summed E-state index contributed by atoms with van der Waals surface area (Å²) in [6.45, 7) is 0. The minimum atomic E-state index is -4.69. The Hall–Kier alpha value is -0.880. The molecular weight excluding hydrogens is 313 g/mol. The molecule has 22 heavy (non-hydrogen) atoms. The first kappa shape index (κ1) is 16.0. The van der Waals surface area contributed by atoms with Crippen molar-refractivity contribution in [2.75, 3.05) is 0 Å². The maximum Gasteiger partial charge on any atom is 0.573 e. The highest BCUT2D eigenvalue weighted by atomic mass is 32.2. The second kappa shape index (κ2) is 5.96. The smallest absolute Gasteiger partial charge is 0.406 e. The van der Waals surface area contributed by atoms with Crippen LogP contribution in [0, 0.1) is 0 Å². The molecule has 0 amide bonds. The van der Waals surface area contributed by atoms with Gasteiger partial charge >= 0.3 is 6.36 Å². The molecule has 0 aliphatic carbocycles. The number of thioether (sulfide) groups is 1. The number of ether oxygens (including phenoxy) is 1. The van der Waals surface area contributed by atoms with Crippen LogP contribution in [0.1, 0.15) is 37.7 Å². The molecular formula is C16H19F3O2S. The van der Waals surface area contributed by atoms with Gasteiger partial charge in [-0.1, -0.05) is 18.6 Å². The lowest BCUT2D eigenvalue weighted by Crippen LogP contribution is -2.44. The Kier molecular flexibility index (Phi) is 4.34. The Bertz CT molecular complexity index is 520. The lowest BCUT2D eigenvalue weighted by atomic mass is 9.81. The van der Waals surface area contributed by atoms with Crippen molar-refractivity contribution in [1.82, 2.24) is 0 Å². The molecule has 2 bridgehead atoms. The van der Waals surface area contributed by atoms with E-state index in [1.165, 1.54) is 24.6 Å². The average Bonchev–Trinajstić information content (AvgIpc) is 2.35. The second-order valence-electron chi connectivity index (χ2n) is 6.32. The number of hydrogen-bond donors (Lipinski definition) is 1. The van der Waals surface area contributed by atoms with Gasteiger partial charge in [0.1, 0.15) is 5.75 Å². The van der Waals surface area contributed by atoms with E-state index in [1.807, 2.05) is 11.8 Å². The topological polar surface area (TPSA) is 29.5 Å². The van der Waals surface area contributed by atoms with Gasteiger partial charge in [0, 0.05) is 16.9 Å². The van der Waals surface area contributed by atoms with Gasteiger partial charge in [-0.2, -0.15) is 11.8 Å². The number of fused-ring (bicyclic) bond motifs is 2. The van der Waals surface area contributed by atoms with Crippen LogP contribution in [0.3, 0.4) is 0 Å². The zero-order valence-corrected chi connectivity index (χ0v) is 12.9. The first-order valence-corrected chi connectivity index (χ1v) is 8.48. The van der Waals surface area contributed by atoms with Gasteiger partial charge in [0.05, 0.1) is 5.60 Å². The number of alkyl halides is 3. The summed E-state index contributed by atoms with van der Waals surface area (Å²) in [6.07, 6.45) is 0.607.